The average Bonchev–Trinajstić information content (AvgIpc) is 2.88. The highest BCUT2D eigenvalue weighted by molar-refractivity contribution is 7.86. The number of aliphatic hydroxyl groups is 1. The molecule has 0 aromatic heterocycles. The summed E-state index contributed by atoms with van der Waals surface area (Å²) in [6, 6.07) is -0.0790. The third-order valence-electron chi connectivity index (χ3n) is 4.28. The van der Waals surface area contributed by atoms with Gasteiger partial charge in [-0.05, 0) is 25.7 Å². The third kappa shape index (κ3) is 2.71. The molecule has 0 bridgehead atoms. The van der Waals surface area contributed by atoms with Gasteiger partial charge >= 0.3 is 0 Å². The molecule has 1 N–H and O–H groups in total. The Kier molecular flexibility index (Phi) is 4.64. The maximum absolute atomic E-state index is 12.5. The second-order valence-electron chi connectivity index (χ2n) is 5.41. The second kappa shape index (κ2) is 5.86. The van der Waals surface area contributed by atoms with Gasteiger partial charge in [-0.15, -0.1) is 0 Å². The molecule has 0 radical (unpaired) electrons. The van der Waals surface area contributed by atoms with E-state index < -0.39 is 10.2 Å². The SMILES string of the molecule is CN(C1CCCCC1)S(=O)(=O)N1CCC[C@@H]1CO. The summed E-state index contributed by atoms with van der Waals surface area (Å²) in [5.41, 5.74) is 0. The van der Waals surface area contributed by atoms with E-state index in [2.05, 4.69) is 0 Å². The summed E-state index contributed by atoms with van der Waals surface area (Å²) in [4.78, 5) is 0. The van der Waals surface area contributed by atoms with E-state index in [1.807, 2.05) is 0 Å². The van der Waals surface area contributed by atoms with Crippen LogP contribution in [0.5, 0.6) is 0 Å². The van der Waals surface area contributed by atoms with Crippen molar-refractivity contribution in [1.29, 1.82) is 0 Å². The van der Waals surface area contributed by atoms with Crippen molar-refractivity contribution < 1.29 is 13.5 Å². The van der Waals surface area contributed by atoms with Gasteiger partial charge in [0.25, 0.3) is 10.2 Å². The summed E-state index contributed by atoms with van der Waals surface area (Å²) < 4.78 is 28.1. The molecule has 18 heavy (non-hydrogen) atoms. The molecule has 6 heteroatoms. The van der Waals surface area contributed by atoms with Gasteiger partial charge in [-0.25, -0.2) is 0 Å². The molecule has 0 aromatic carbocycles. The summed E-state index contributed by atoms with van der Waals surface area (Å²) in [6.07, 6.45) is 7.01. The molecule has 0 unspecified atom stereocenters. The van der Waals surface area contributed by atoms with Crippen LogP contribution in [0.3, 0.4) is 0 Å². The number of aliphatic hydroxyl groups excluding tert-OH is 1. The zero-order valence-electron chi connectivity index (χ0n) is 11.1. The Morgan fingerprint density at radius 1 is 1.17 bits per heavy atom. The molecule has 0 spiro atoms. The Balaban J connectivity index is 2.09. The minimum absolute atomic E-state index is 0.0717. The molecule has 1 aliphatic carbocycles. The fourth-order valence-corrected chi connectivity index (χ4v) is 4.92. The number of nitrogens with zero attached hydrogens (tertiary/aromatic N) is 2. The first-order valence-electron chi connectivity index (χ1n) is 6.93. The Morgan fingerprint density at radius 2 is 1.83 bits per heavy atom. The fraction of sp³-hybridized carbons (Fsp3) is 1.00. The molecule has 5 nitrogen and oxygen atoms in total. The van der Waals surface area contributed by atoms with E-state index in [0.717, 1.165) is 38.5 Å². The van der Waals surface area contributed by atoms with E-state index >= 15 is 0 Å². The van der Waals surface area contributed by atoms with Crippen LogP contribution in [-0.4, -0.2) is 54.4 Å². The predicted octanol–water partition coefficient (Wildman–Crippen LogP) is 0.952. The lowest BCUT2D eigenvalue weighted by Crippen LogP contribution is -2.49. The Hall–Kier alpha value is -0.170. The van der Waals surface area contributed by atoms with Gasteiger partial charge in [-0.2, -0.15) is 17.0 Å². The van der Waals surface area contributed by atoms with Gasteiger partial charge in [0.05, 0.1) is 6.61 Å². The molecule has 1 heterocycles. The van der Waals surface area contributed by atoms with E-state index in [0.29, 0.717) is 6.54 Å². The van der Waals surface area contributed by atoms with Gasteiger partial charge in [0.2, 0.25) is 0 Å². The van der Waals surface area contributed by atoms with Gasteiger partial charge in [-0.1, -0.05) is 19.3 Å². The van der Waals surface area contributed by atoms with Gasteiger partial charge in [0.1, 0.15) is 0 Å². The maximum Gasteiger partial charge on any atom is 0.282 e. The standard InChI is InChI=1S/C12H24N2O3S/c1-13(11-6-3-2-4-7-11)18(16,17)14-9-5-8-12(14)10-15/h11-12,15H,2-10H2,1H3/t12-/m1/s1. The molecule has 0 aromatic rings. The first kappa shape index (κ1) is 14.2. The van der Waals surface area contributed by atoms with E-state index in [9.17, 15) is 13.5 Å². The summed E-state index contributed by atoms with van der Waals surface area (Å²) in [7, 11) is -1.70. The zero-order valence-corrected chi connectivity index (χ0v) is 11.9. The lowest BCUT2D eigenvalue weighted by atomic mass is 9.96. The highest BCUT2D eigenvalue weighted by atomic mass is 32.2. The maximum atomic E-state index is 12.5. The van der Waals surface area contributed by atoms with Crippen molar-refractivity contribution in [3.8, 4) is 0 Å². The summed E-state index contributed by atoms with van der Waals surface area (Å²) in [5, 5.41) is 9.27. The molecular formula is C12H24N2O3S. The molecule has 2 aliphatic rings. The smallest absolute Gasteiger partial charge is 0.282 e. The lowest BCUT2D eigenvalue weighted by molar-refractivity contribution is 0.199. The van der Waals surface area contributed by atoms with Crippen LogP contribution in [0, 0.1) is 0 Å². The van der Waals surface area contributed by atoms with Crippen molar-refractivity contribution in [2.45, 2.75) is 57.0 Å². The topological polar surface area (TPSA) is 60.9 Å². The normalized spacial score (nSPS) is 28.1. The van der Waals surface area contributed by atoms with E-state index in [-0.39, 0.29) is 18.7 Å². The molecule has 2 rings (SSSR count). The quantitative estimate of drug-likeness (QED) is 0.831. The largest absolute Gasteiger partial charge is 0.395 e. The van der Waals surface area contributed by atoms with Crippen LogP contribution < -0.4 is 0 Å². The first-order valence-corrected chi connectivity index (χ1v) is 8.32. The van der Waals surface area contributed by atoms with Gasteiger partial charge < -0.3 is 5.11 Å². The van der Waals surface area contributed by atoms with Gasteiger partial charge in [0.15, 0.2) is 0 Å². The van der Waals surface area contributed by atoms with E-state index in [4.69, 9.17) is 0 Å². The fourth-order valence-electron chi connectivity index (χ4n) is 3.09. The number of hydrogen-bond donors (Lipinski definition) is 1. The van der Waals surface area contributed by atoms with Gasteiger partial charge in [-0.3, -0.25) is 0 Å². The van der Waals surface area contributed by atoms with Crippen LogP contribution in [0.1, 0.15) is 44.9 Å². The average molecular weight is 276 g/mol. The Bertz CT molecular complexity index is 366. The lowest BCUT2D eigenvalue weighted by Gasteiger charge is -2.34. The van der Waals surface area contributed by atoms with Crippen LogP contribution in [0.25, 0.3) is 0 Å². The van der Waals surface area contributed by atoms with Crippen LogP contribution in [0.15, 0.2) is 0 Å². The van der Waals surface area contributed by atoms with Crippen LogP contribution in [-0.2, 0) is 10.2 Å². The highest BCUT2D eigenvalue weighted by Gasteiger charge is 2.38. The molecule has 2 fully saturated rings. The van der Waals surface area contributed by atoms with Crippen LogP contribution >= 0.6 is 0 Å². The second-order valence-corrected chi connectivity index (χ2v) is 7.35. The molecular weight excluding hydrogens is 252 g/mol. The summed E-state index contributed by atoms with van der Waals surface area (Å²) in [6.45, 7) is 0.475. The number of hydrogen-bond acceptors (Lipinski definition) is 3. The molecule has 1 saturated heterocycles. The molecule has 1 saturated carbocycles. The van der Waals surface area contributed by atoms with E-state index in [1.165, 1.54) is 10.7 Å². The van der Waals surface area contributed by atoms with Gasteiger partial charge in [0, 0.05) is 25.7 Å². The molecule has 1 aliphatic heterocycles. The van der Waals surface area contributed by atoms with Crippen LogP contribution in [0.4, 0.5) is 0 Å². The molecule has 106 valence electrons. The Labute approximate surface area is 110 Å². The van der Waals surface area contributed by atoms with Crippen molar-refractivity contribution in [3.63, 3.8) is 0 Å². The molecule has 0 amide bonds. The number of rotatable bonds is 4. The minimum atomic E-state index is -3.39. The van der Waals surface area contributed by atoms with Crippen molar-refractivity contribution in [2.24, 2.45) is 0 Å². The zero-order chi connectivity index (χ0) is 13.2. The van der Waals surface area contributed by atoms with Crippen molar-refractivity contribution >= 4 is 10.2 Å². The van der Waals surface area contributed by atoms with E-state index in [1.54, 1.807) is 11.4 Å². The monoisotopic (exact) mass is 276 g/mol. The third-order valence-corrected chi connectivity index (χ3v) is 6.38. The highest BCUT2D eigenvalue weighted by Crippen LogP contribution is 2.28. The first-order chi connectivity index (χ1) is 8.57. The minimum Gasteiger partial charge on any atom is -0.395 e. The van der Waals surface area contributed by atoms with Crippen molar-refractivity contribution in [1.82, 2.24) is 8.61 Å². The van der Waals surface area contributed by atoms with Crippen molar-refractivity contribution in [2.75, 3.05) is 20.2 Å². The Morgan fingerprint density at radius 3 is 2.44 bits per heavy atom. The molecule has 1 atom stereocenters. The predicted molar refractivity (Wildman–Crippen MR) is 70.4 cm³/mol. The van der Waals surface area contributed by atoms with Crippen LogP contribution in [0.2, 0.25) is 0 Å². The summed E-state index contributed by atoms with van der Waals surface area (Å²) in [5.74, 6) is 0. The summed E-state index contributed by atoms with van der Waals surface area (Å²) >= 11 is 0. The van der Waals surface area contributed by atoms with Crippen molar-refractivity contribution in [3.05, 3.63) is 0 Å².